The summed E-state index contributed by atoms with van der Waals surface area (Å²) in [5.74, 6) is 0.0291. The van der Waals surface area contributed by atoms with Crippen LogP contribution in [-0.2, 0) is 22.6 Å². The number of carbonyl (C=O) groups excluding carboxylic acids is 2. The number of aromatic nitrogens is 1. The van der Waals surface area contributed by atoms with Gasteiger partial charge in [-0.1, -0.05) is 30.3 Å². The van der Waals surface area contributed by atoms with Crippen molar-refractivity contribution in [3.05, 3.63) is 70.9 Å². The van der Waals surface area contributed by atoms with Gasteiger partial charge in [-0.2, -0.15) is 0 Å². The van der Waals surface area contributed by atoms with E-state index in [1.165, 1.54) is 0 Å². The Hall–Kier alpha value is -3.41. The topological polar surface area (TPSA) is 74.3 Å². The molecule has 0 unspecified atom stereocenters. The highest BCUT2D eigenvalue weighted by molar-refractivity contribution is 5.86. The number of aryl methyl sites for hydroxylation is 2. The van der Waals surface area contributed by atoms with E-state index in [1.54, 1.807) is 0 Å². The molecule has 0 atom stereocenters. The van der Waals surface area contributed by atoms with E-state index in [4.69, 9.17) is 0 Å². The van der Waals surface area contributed by atoms with Gasteiger partial charge in [-0.25, -0.2) is 0 Å². The van der Waals surface area contributed by atoms with Crippen molar-refractivity contribution in [2.24, 2.45) is 0 Å². The second-order valence-electron chi connectivity index (χ2n) is 7.71. The Labute approximate surface area is 176 Å². The molecule has 0 bridgehead atoms. The monoisotopic (exact) mass is 402 g/mol. The van der Waals surface area contributed by atoms with Crippen molar-refractivity contribution < 1.29 is 9.59 Å². The maximum Gasteiger partial charge on any atom is 0.239 e. The second kappa shape index (κ2) is 8.53. The molecule has 2 amide bonds. The van der Waals surface area contributed by atoms with Crippen molar-refractivity contribution in [2.75, 3.05) is 24.5 Å². The molecule has 3 aromatic rings. The number of carbonyl (C=O) groups is 2. The fraction of sp³-hybridized carbons (Fsp3) is 0.292. The van der Waals surface area contributed by atoms with Gasteiger partial charge in [0.15, 0.2) is 0 Å². The molecular formula is C24H26N4O2. The minimum Gasteiger partial charge on any atom is -0.360 e. The minimum absolute atomic E-state index is 0.0185. The van der Waals surface area contributed by atoms with E-state index < -0.39 is 0 Å². The molecule has 4 rings (SSSR count). The standard InChI is InChI=1S/C24H26N4O2/c1-16-20-5-3-4-6-22(20)27-17(2)21(16)13-23(29)26-14-18-7-9-19(10-8-18)28-12-11-25-24(30)15-28/h3-10H,11-15H2,1-2H3,(H,25,30)(H,26,29). The molecule has 154 valence electrons. The third-order valence-corrected chi connectivity index (χ3v) is 5.65. The number of nitrogens with one attached hydrogen (secondary N) is 2. The zero-order valence-corrected chi connectivity index (χ0v) is 17.4. The van der Waals surface area contributed by atoms with Gasteiger partial charge in [-0.3, -0.25) is 14.6 Å². The fourth-order valence-electron chi connectivity index (χ4n) is 3.94. The smallest absolute Gasteiger partial charge is 0.239 e. The van der Waals surface area contributed by atoms with Crippen LogP contribution in [0.5, 0.6) is 0 Å². The van der Waals surface area contributed by atoms with Crippen LogP contribution in [0.3, 0.4) is 0 Å². The molecule has 1 aliphatic heterocycles. The molecule has 0 saturated carbocycles. The molecule has 1 saturated heterocycles. The number of benzene rings is 2. The first-order chi connectivity index (χ1) is 14.5. The maximum atomic E-state index is 12.6. The molecule has 0 spiro atoms. The van der Waals surface area contributed by atoms with Crippen LogP contribution in [0.15, 0.2) is 48.5 Å². The van der Waals surface area contributed by atoms with Crippen molar-refractivity contribution in [2.45, 2.75) is 26.8 Å². The summed E-state index contributed by atoms with van der Waals surface area (Å²) in [6.07, 6.45) is 0.316. The summed E-state index contributed by atoms with van der Waals surface area (Å²) in [4.78, 5) is 30.9. The fourth-order valence-corrected chi connectivity index (χ4v) is 3.94. The molecule has 6 nitrogen and oxygen atoms in total. The average Bonchev–Trinajstić information content (AvgIpc) is 2.75. The van der Waals surface area contributed by atoms with Gasteiger partial charge in [0.1, 0.15) is 0 Å². The Morgan fingerprint density at radius 1 is 1.13 bits per heavy atom. The average molecular weight is 402 g/mol. The highest BCUT2D eigenvalue weighted by atomic mass is 16.2. The van der Waals surface area contributed by atoms with E-state index in [0.29, 0.717) is 26.1 Å². The lowest BCUT2D eigenvalue weighted by Gasteiger charge is -2.28. The third-order valence-electron chi connectivity index (χ3n) is 5.65. The lowest BCUT2D eigenvalue weighted by molar-refractivity contribution is -0.121. The number of rotatable bonds is 5. The van der Waals surface area contributed by atoms with E-state index in [-0.39, 0.29) is 11.8 Å². The first-order valence-electron chi connectivity index (χ1n) is 10.2. The molecule has 2 heterocycles. The molecule has 1 aliphatic rings. The number of anilines is 1. The first kappa shape index (κ1) is 19.9. The summed E-state index contributed by atoms with van der Waals surface area (Å²) < 4.78 is 0. The SMILES string of the molecule is Cc1nc2ccccc2c(C)c1CC(=O)NCc1ccc(N2CCNC(=O)C2)cc1. The van der Waals surface area contributed by atoms with Crippen LogP contribution >= 0.6 is 0 Å². The van der Waals surface area contributed by atoms with Gasteiger partial charge >= 0.3 is 0 Å². The van der Waals surface area contributed by atoms with Crippen LogP contribution in [0.1, 0.15) is 22.4 Å². The molecule has 6 heteroatoms. The van der Waals surface area contributed by atoms with Gasteiger partial charge in [0.05, 0.1) is 18.5 Å². The van der Waals surface area contributed by atoms with Crippen molar-refractivity contribution >= 4 is 28.4 Å². The van der Waals surface area contributed by atoms with E-state index in [9.17, 15) is 9.59 Å². The number of amides is 2. The number of pyridine rings is 1. The Balaban J connectivity index is 1.38. The largest absolute Gasteiger partial charge is 0.360 e. The summed E-state index contributed by atoms with van der Waals surface area (Å²) in [6.45, 7) is 6.34. The number of hydrogen-bond donors (Lipinski definition) is 2. The predicted molar refractivity (Wildman–Crippen MR) is 118 cm³/mol. The quantitative estimate of drug-likeness (QED) is 0.688. The van der Waals surface area contributed by atoms with Gasteiger partial charge in [-0.15, -0.1) is 0 Å². The Morgan fingerprint density at radius 3 is 2.67 bits per heavy atom. The van der Waals surface area contributed by atoms with Crippen molar-refractivity contribution in [1.82, 2.24) is 15.6 Å². The highest BCUT2D eigenvalue weighted by Crippen LogP contribution is 2.23. The minimum atomic E-state index is -0.0185. The van der Waals surface area contributed by atoms with E-state index in [2.05, 4.69) is 27.4 Å². The van der Waals surface area contributed by atoms with Crippen molar-refractivity contribution in [3.8, 4) is 0 Å². The number of piperazine rings is 1. The van der Waals surface area contributed by atoms with Crippen LogP contribution in [0.2, 0.25) is 0 Å². The molecule has 0 aliphatic carbocycles. The molecular weight excluding hydrogens is 376 g/mol. The molecule has 2 aromatic carbocycles. The van der Waals surface area contributed by atoms with Crippen LogP contribution < -0.4 is 15.5 Å². The zero-order valence-electron chi connectivity index (χ0n) is 17.4. The van der Waals surface area contributed by atoms with E-state index in [0.717, 1.165) is 45.5 Å². The normalized spacial score (nSPS) is 13.9. The third kappa shape index (κ3) is 4.27. The molecule has 0 radical (unpaired) electrons. The first-order valence-corrected chi connectivity index (χ1v) is 10.2. The summed E-state index contributed by atoms with van der Waals surface area (Å²) in [7, 11) is 0. The van der Waals surface area contributed by atoms with Crippen LogP contribution in [0, 0.1) is 13.8 Å². The van der Waals surface area contributed by atoms with Crippen molar-refractivity contribution in [3.63, 3.8) is 0 Å². The van der Waals surface area contributed by atoms with E-state index >= 15 is 0 Å². The molecule has 30 heavy (non-hydrogen) atoms. The Kier molecular flexibility index (Phi) is 5.65. The second-order valence-corrected chi connectivity index (χ2v) is 7.71. The van der Waals surface area contributed by atoms with Gasteiger partial charge in [0.25, 0.3) is 0 Å². The van der Waals surface area contributed by atoms with Gasteiger partial charge < -0.3 is 15.5 Å². The summed E-state index contributed by atoms with van der Waals surface area (Å²) in [5, 5.41) is 6.93. The van der Waals surface area contributed by atoms with Crippen LogP contribution in [0.4, 0.5) is 5.69 Å². The van der Waals surface area contributed by atoms with Crippen molar-refractivity contribution in [1.29, 1.82) is 0 Å². The highest BCUT2D eigenvalue weighted by Gasteiger charge is 2.16. The number of fused-ring (bicyclic) bond motifs is 1. The predicted octanol–water partition coefficient (Wildman–Crippen LogP) is 2.65. The number of nitrogens with zero attached hydrogens (tertiary/aromatic N) is 2. The van der Waals surface area contributed by atoms with Gasteiger partial charge in [0.2, 0.25) is 11.8 Å². The van der Waals surface area contributed by atoms with Gasteiger partial charge in [0, 0.05) is 36.4 Å². The molecule has 1 fully saturated rings. The lowest BCUT2D eigenvalue weighted by atomic mass is 9.99. The lowest BCUT2D eigenvalue weighted by Crippen LogP contribution is -2.47. The van der Waals surface area contributed by atoms with Crippen LogP contribution in [0.25, 0.3) is 10.9 Å². The van der Waals surface area contributed by atoms with E-state index in [1.807, 2.05) is 55.5 Å². The number of para-hydroxylation sites is 1. The summed E-state index contributed by atoms with van der Waals surface area (Å²) in [6, 6.07) is 16.0. The molecule has 2 N–H and O–H groups in total. The Bertz CT molecular complexity index is 1090. The summed E-state index contributed by atoms with van der Waals surface area (Å²) in [5.41, 5.74) is 6.01. The molecule has 1 aromatic heterocycles. The van der Waals surface area contributed by atoms with Gasteiger partial charge in [-0.05, 0) is 48.7 Å². The zero-order chi connectivity index (χ0) is 21.1. The Morgan fingerprint density at radius 2 is 1.90 bits per heavy atom. The summed E-state index contributed by atoms with van der Waals surface area (Å²) >= 11 is 0. The maximum absolute atomic E-state index is 12.6. The van der Waals surface area contributed by atoms with Crippen LogP contribution in [-0.4, -0.2) is 36.4 Å². The number of hydrogen-bond acceptors (Lipinski definition) is 4.